The van der Waals surface area contributed by atoms with Gasteiger partial charge >= 0.3 is 6.18 Å². The van der Waals surface area contributed by atoms with Crippen LogP contribution in [0.5, 0.6) is 0 Å². The zero-order valence-corrected chi connectivity index (χ0v) is 15.2. The van der Waals surface area contributed by atoms with Gasteiger partial charge in [0.2, 0.25) is 5.91 Å². The van der Waals surface area contributed by atoms with Crippen LogP contribution in [0.4, 0.5) is 13.2 Å². The molecule has 2 aromatic heterocycles. The van der Waals surface area contributed by atoms with E-state index in [-0.39, 0.29) is 27.5 Å². The Labute approximate surface area is 151 Å². The number of carbonyl (C=O) groups is 1. The van der Waals surface area contributed by atoms with Gasteiger partial charge in [-0.3, -0.25) is 9.20 Å². The fourth-order valence-corrected chi connectivity index (χ4v) is 3.17. The molecule has 136 valence electrons. The van der Waals surface area contributed by atoms with Crippen LogP contribution >= 0.6 is 23.4 Å². The number of hydrogen-bond acceptors (Lipinski definition) is 4. The van der Waals surface area contributed by atoms with Crippen LogP contribution in [0.25, 0.3) is 5.65 Å². The molecule has 5 nitrogen and oxygen atoms in total. The van der Waals surface area contributed by atoms with Crippen LogP contribution in [-0.4, -0.2) is 44.2 Å². The van der Waals surface area contributed by atoms with E-state index in [1.807, 2.05) is 13.8 Å². The van der Waals surface area contributed by atoms with Gasteiger partial charge < -0.3 is 4.90 Å². The van der Waals surface area contributed by atoms with Crippen molar-refractivity contribution in [3.8, 4) is 0 Å². The Hall–Kier alpha value is -1.74. The number of nitrogens with zero attached hydrogens (tertiary/aromatic N) is 4. The molecule has 0 bridgehead atoms. The van der Waals surface area contributed by atoms with Gasteiger partial charge in [0.25, 0.3) is 0 Å². The SMILES string of the molecule is C=C(C)CN(CC)C(=O)CSc1nnc2c(Cl)cc(C(F)(F)F)cn12. The Morgan fingerprint density at radius 3 is 2.68 bits per heavy atom. The Morgan fingerprint density at radius 2 is 2.12 bits per heavy atom. The van der Waals surface area contributed by atoms with E-state index in [1.54, 1.807) is 4.90 Å². The number of amides is 1. The second kappa shape index (κ2) is 7.65. The zero-order chi connectivity index (χ0) is 18.8. The summed E-state index contributed by atoms with van der Waals surface area (Å²) in [6, 6.07) is 0.802. The van der Waals surface area contributed by atoms with E-state index >= 15 is 0 Å². The highest BCUT2D eigenvalue weighted by atomic mass is 35.5. The highest BCUT2D eigenvalue weighted by Gasteiger charge is 2.32. The molecule has 0 fully saturated rings. The number of halogens is 4. The lowest BCUT2D eigenvalue weighted by Crippen LogP contribution is -2.33. The Morgan fingerprint density at radius 1 is 1.44 bits per heavy atom. The third-order valence-electron chi connectivity index (χ3n) is 3.28. The van der Waals surface area contributed by atoms with Crippen molar-refractivity contribution >= 4 is 34.9 Å². The number of alkyl halides is 3. The molecule has 0 atom stereocenters. The largest absolute Gasteiger partial charge is 0.417 e. The van der Waals surface area contributed by atoms with Crippen molar-refractivity contribution in [3.05, 3.63) is 35.0 Å². The van der Waals surface area contributed by atoms with Crippen molar-refractivity contribution in [2.75, 3.05) is 18.8 Å². The van der Waals surface area contributed by atoms with Crippen LogP contribution in [0, 0.1) is 0 Å². The minimum Gasteiger partial charge on any atom is -0.338 e. The minimum atomic E-state index is -4.54. The topological polar surface area (TPSA) is 50.5 Å². The molecule has 0 aromatic carbocycles. The summed E-state index contributed by atoms with van der Waals surface area (Å²) in [7, 11) is 0. The van der Waals surface area contributed by atoms with Gasteiger partial charge in [-0.05, 0) is 19.9 Å². The third-order valence-corrected chi connectivity index (χ3v) is 4.48. The minimum absolute atomic E-state index is 0.0236. The average Bonchev–Trinajstić information content (AvgIpc) is 2.93. The highest BCUT2D eigenvalue weighted by Crippen LogP contribution is 2.33. The van der Waals surface area contributed by atoms with Gasteiger partial charge in [0.1, 0.15) is 0 Å². The lowest BCUT2D eigenvalue weighted by atomic mass is 10.3. The lowest BCUT2D eigenvalue weighted by molar-refractivity contribution is -0.138. The molecule has 10 heteroatoms. The molecule has 2 aromatic rings. The smallest absolute Gasteiger partial charge is 0.338 e. The van der Waals surface area contributed by atoms with Crippen LogP contribution in [0.1, 0.15) is 19.4 Å². The fraction of sp³-hybridized carbons (Fsp3) is 0.400. The Bertz CT molecular complexity index is 806. The van der Waals surface area contributed by atoms with Crippen molar-refractivity contribution in [1.29, 1.82) is 0 Å². The van der Waals surface area contributed by atoms with Gasteiger partial charge in [-0.2, -0.15) is 13.2 Å². The van der Waals surface area contributed by atoms with Gasteiger partial charge in [0.15, 0.2) is 10.8 Å². The molecule has 2 heterocycles. The number of thioether (sulfide) groups is 1. The summed E-state index contributed by atoms with van der Waals surface area (Å²) >= 11 is 6.86. The van der Waals surface area contributed by atoms with Gasteiger partial charge in [-0.1, -0.05) is 35.5 Å². The first-order chi connectivity index (χ1) is 11.6. The summed E-state index contributed by atoms with van der Waals surface area (Å²) in [4.78, 5) is 13.8. The van der Waals surface area contributed by atoms with E-state index in [9.17, 15) is 18.0 Å². The lowest BCUT2D eigenvalue weighted by Gasteiger charge is -2.20. The molecule has 0 radical (unpaired) electrons. The predicted octanol–water partition coefficient (Wildman–Crippen LogP) is 3.92. The summed E-state index contributed by atoms with van der Waals surface area (Å²) < 4.78 is 39.9. The van der Waals surface area contributed by atoms with Crippen LogP contribution in [0.3, 0.4) is 0 Å². The average molecular weight is 393 g/mol. The van der Waals surface area contributed by atoms with Crippen LogP contribution in [0.15, 0.2) is 29.6 Å². The van der Waals surface area contributed by atoms with E-state index in [0.29, 0.717) is 13.1 Å². The summed E-state index contributed by atoms with van der Waals surface area (Å²) in [5.41, 5.74) is 0.0454. The molecule has 0 saturated heterocycles. The number of rotatable bonds is 6. The number of carbonyl (C=O) groups excluding carboxylic acids is 1. The first-order valence-electron chi connectivity index (χ1n) is 7.30. The molecular formula is C15H16ClF3N4OS. The molecule has 0 aliphatic carbocycles. The van der Waals surface area contributed by atoms with Gasteiger partial charge in [0.05, 0.1) is 16.3 Å². The van der Waals surface area contributed by atoms with E-state index < -0.39 is 11.7 Å². The number of fused-ring (bicyclic) bond motifs is 1. The Kier molecular flexibility index (Phi) is 5.99. The van der Waals surface area contributed by atoms with Crippen molar-refractivity contribution in [2.45, 2.75) is 25.2 Å². The van der Waals surface area contributed by atoms with Crippen molar-refractivity contribution in [3.63, 3.8) is 0 Å². The molecule has 0 aliphatic heterocycles. The van der Waals surface area contributed by atoms with Gasteiger partial charge in [-0.15, -0.1) is 10.2 Å². The van der Waals surface area contributed by atoms with E-state index in [1.165, 1.54) is 0 Å². The maximum absolute atomic E-state index is 12.9. The molecule has 1 amide bonds. The summed E-state index contributed by atoms with van der Waals surface area (Å²) in [5.74, 6) is -0.138. The number of aromatic nitrogens is 3. The number of pyridine rings is 1. The van der Waals surface area contributed by atoms with Crippen LogP contribution in [0.2, 0.25) is 5.02 Å². The van der Waals surface area contributed by atoms with Crippen molar-refractivity contribution < 1.29 is 18.0 Å². The fourth-order valence-electron chi connectivity index (χ4n) is 2.11. The first-order valence-corrected chi connectivity index (χ1v) is 8.66. The maximum Gasteiger partial charge on any atom is 0.417 e. The van der Waals surface area contributed by atoms with Crippen LogP contribution in [-0.2, 0) is 11.0 Å². The second-order valence-electron chi connectivity index (χ2n) is 5.40. The van der Waals surface area contributed by atoms with E-state index in [4.69, 9.17) is 11.6 Å². The first kappa shape index (κ1) is 19.6. The number of likely N-dealkylation sites (N-methyl/N-ethyl adjacent to an activating group) is 1. The molecule has 25 heavy (non-hydrogen) atoms. The molecule has 0 N–H and O–H groups in total. The highest BCUT2D eigenvalue weighted by molar-refractivity contribution is 7.99. The number of hydrogen-bond donors (Lipinski definition) is 0. The zero-order valence-electron chi connectivity index (χ0n) is 13.6. The standard InChI is InChI=1S/C15H16ClF3N4OS/c1-4-22(6-9(2)3)12(24)8-25-14-21-20-13-11(16)5-10(7-23(13)14)15(17,18)19/h5,7H,2,4,6,8H2,1,3H3. The van der Waals surface area contributed by atoms with Crippen molar-refractivity contribution in [1.82, 2.24) is 19.5 Å². The van der Waals surface area contributed by atoms with Crippen molar-refractivity contribution in [2.24, 2.45) is 0 Å². The summed E-state index contributed by atoms with van der Waals surface area (Å²) in [5, 5.41) is 7.63. The third kappa shape index (κ3) is 4.66. The summed E-state index contributed by atoms with van der Waals surface area (Å²) in [6.07, 6.45) is -3.67. The summed E-state index contributed by atoms with van der Waals surface area (Å²) in [6.45, 7) is 8.37. The molecular weight excluding hydrogens is 377 g/mol. The van der Waals surface area contributed by atoms with E-state index in [2.05, 4.69) is 16.8 Å². The van der Waals surface area contributed by atoms with E-state index in [0.717, 1.165) is 34.0 Å². The molecule has 0 unspecified atom stereocenters. The second-order valence-corrected chi connectivity index (χ2v) is 6.75. The van der Waals surface area contributed by atoms with Gasteiger partial charge in [-0.25, -0.2) is 0 Å². The molecule has 0 aliphatic rings. The molecule has 2 rings (SSSR count). The molecule has 0 saturated carbocycles. The maximum atomic E-state index is 12.9. The quantitative estimate of drug-likeness (QED) is 0.552. The van der Waals surface area contributed by atoms with Gasteiger partial charge in [0, 0.05) is 19.3 Å². The Balaban J connectivity index is 2.23. The molecule has 0 spiro atoms. The predicted molar refractivity (Wildman–Crippen MR) is 90.8 cm³/mol. The normalized spacial score (nSPS) is 11.8. The monoisotopic (exact) mass is 392 g/mol. The van der Waals surface area contributed by atoms with Crippen LogP contribution < -0.4 is 0 Å².